The van der Waals surface area contributed by atoms with Crippen LogP contribution in [0.1, 0.15) is 323 Å². The van der Waals surface area contributed by atoms with E-state index in [0.29, 0.717) is 19.3 Å². The van der Waals surface area contributed by atoms with Crippen LogP contribution in [0.15, 0.2) is 109 Å². The first-order valence-corrected chi connectivity index (χ1v) is 33.9. The molecule has 0 fully saturated rings. The van der Waals surface area contributed by atoms with Crippen LogP contribution in [-0.4, -0.2) is 37.2 Å². The van der Waals surface area contributed by atoms with Gasteiger partial charge in [-0.25, -0.2) is 0 Å². The van der Waals surface area contributed by atoms with Crippen molar-refractivity contribution < 1.29 is 28.6 Å². The van der Waals surface area contributed by atoms with Gasteiger partial charge in [-0.2, -0.15) is 0 Å². The van der Waals surface area contributed by atoms with Crippen LogP contribution >= 0.6 is 0 Å². The third-order valence-corrected chi connectivity index (χ3v) is 14.5. The second-order valence-corrected chi connectivity index (χ2v) is 22.4. The molecule has 6 heteroatoms. The van der Waals surface area contributed by atoms with E-state index in [4.69, 9.17) is 14.2 Å². The molecule has 1 unspecified atom stereocenters. The van der Waals surface area contributed by atoms with Crippen LogP contribution in [0.4, 0.5) is 0 Å². The smallest absolute Gasteiger partial charge is 0.306 e. The SMILES string of the molecule is CC/C=C\C/C=C\C/C=C\C/C=C\C/C=C\C/C=C\C/C=C\C/C=C\C/C=C\CCCCCCCCCC(=O)OCC(COC(=O)CCCCCCC)OC(=O)CCCCCCCCCCCCCCCCCCCCCCCC. The van der Waals surface area contributed by atoms with Crippen molar-refractivity contribution in [2.24, 2.45) is 0 Å². The summed E-state index contributed by atoms with van der Waals surface area (Å²) >= 11 is 0. The fourth-order valence-electron chi connectivity index (χ4n) is 9.50. The Morgan fingerprint density at radius 3 is 0.762 bits per heavy atom. The van der Waals surface area contributed by atoms with Crippen LogP contribution in [0.25, 0.3) is 0 Å². The second kappa shape index (κ2) is 67.6. The number of unbranched alkanes of at least 4 members (excludes halogenated alkanes) is 32. The van der Waals surface area contributed by atoms with Gasteiger partial charge in [-0.3, -0.25) is 14.4 Å². The predicted octanol–water partition coefficient (Wildman–Crippen LogP) is 23.4. The van der Waals surface area contributed by atoms with Crippen LogP contribution in [0.3, 0.4) is 0 Å². The van der Waals surface area contributed by atoms with Crippen molar-refractivity contribution in [1.29, 1.82) is 0 Å². The van der Waals surface area contributed by atoms with E-state index < -0.39 is 6.10 Å². The summed E-state index contributed by atoms with van der Waals surface area (Å²) in [5.74, 6) is -0.893. The fourth-order valence-corrected chi connectivity index (χ4v) is 9.50. The summed E-state index contributed by atoms with van der Waals surface area (Å²) in [6.07, 6.45) is 93.0. The Labute approximate surface area is 495 Å². The Hall–Kier alpha value is -3.93. The fraction of sp³-hybridized carbons (Fsp3) is 0.716. The molecule has 0 radical (unpaired) electrons. The lowest BCUT2D eigenvalue weighted by Crippen LogP contribution is -2.30. The van der Waals surface area contributed by atoms with Gasteiger partial charge in [0.15, 0.2) is 6.10 Å². The number of hydrogen-bond acceptors (Lipinski definition) is 6. The maximum Gasteiger partial charge on any atom is 0.306 e. The third-order valence-electron chi connectivity index (χ3n) is 14.5. The van der Waals surface area contributed by atoms with Gasteiger partial charge in [0.1, 0.15) is 13.2 Å². The molecule has 0 aromatic heterocycles. The van der Waals surface area contributed by atoms with E-state index in [9.17, 15) is 14.4 Å². The van der Waals surface area contributed by atoms with E-state index in [2.05, 4.69) is 130 Å². The second-order valence-electron chi connectivity index (χ2n) is 22.4. The van der Waals surface area contributed by atoms with Gasteiger partial charge in [-0.05, 0) is 89.9 Å². The average Bonchev–Trinajstić information content (AvgIpc) is 3.46. The first kappa shape index (κ1) is 76.1. The van der Waals surface area contributed by atoms with Gasteiger partial charge in [0.2, 0.25) is 0 Å². The van der Waals surface area contributed by atoms with Crippen LogP contribution in [0.2, 0.25) is 0 Å². The molecule has 0 aliphatic carbocycles. The average molecular weight is 1110 g/mol. The standard InChI is InChI=1S/C74H126O6/c1-4-7-10-13-15-17-19-21-23-25-27-29-31-32-33-34-35-36-37-38-39-40-41-42-43-45-46-48-50-52-54-56-58-61-64-67-73(76)79-70-71(69-78-72(75)66-63-60-12-9-6-3)80-74(77)68-65-62-59-57-55-53-51-49-47-44-30-28-26-24-22-20-18-16-14-11-8-5-2/h7,10,15,17,21,23,27,29,32-33,35-36,38-39,41-42,45-46,71H,4-6,8-9,11-14,16,18-20,22,24-26,28,30-31,34,37,40,43-44,47-70H2,1-3H3/b10-7-,17-15-,23-21-,29-27-,33-32-,36-35-,39-38-,42-41-,46-45-. The number of allylic oxidation sites excluding steroid dienone is 18. The Balaban J connectivity index is 4.05. The van der Waals surface area contributed by atoms with Gasteiger partial charge in [0.05, 0.1) is 0 Å². The Morgan fingerprint density at radius 2 is 0.487 bits per heavy atom. The number of rotatable bonds is 61. The van der Waals surface area contributed by atoms with Crippen molar-refractivity contribution in [2.75, 3.05) is 13.2 Å². The van der Waals surface area contributed by atoms with Gasteiger partial charge in [-0.15, -0.1) is 0 Å². The molecule has 0 saturated carbocycles. The van der Waals surface area contributed by atoms with Crippen molar-refractivity contribution in [3.63, 3.8) is 0 Å². The summed E-state index contributed by atoms with van der Waals surface area (Å²) in [7, 11) is 0. The number of carbonyl (C=O) groups excluding carboxylic acids is 3. The lowest BCUT2D eigenvalue weighted by atomic mass is 10.0. The van der Waals surface area contributed by atoms with Gasteiger partial charge in [0, 0.05) is 19.3 Å². The number of hydrogen-bond donors (Lipinski definition) is 0. The van der Waals surface area contributed by atoms with E-state index in [1.54, 1.807) is 0 Å². The molecule has 6 nitrogen and oxygen atoms in total. The molecule has 0 spiro atoms. The van der Waals surface area contributed by atoms with Crippen molar-refractivity contribution in [3.05, 3.63) is 109 Å². The van der Waals surface area contributed by atoms with Gasteiger partial charge < -0.3 is 14.2 Å². The van der Waals surface area contributed by atoms with Crippen molar-refractivity contribution >= 4 is 17.9 Å². The molecule has 1 atom stereocenters. The van der Waals surface area contributed by atoms with Crippen molar-refractivity contribution in [1.82, 2.24) is 0 Å². The first-order valence-electron chi connectivity index (χ1n) is 33.9. The lowest BCUT2D eigenvalue weighted by molar-refractivity contribution is -0.167. The topological polar surface area (TPSA) is 78.9 Å². The largest absolute Gasteiger partial charge is 0.462 e. The maximum atomic E-state index is 12.8. The lowest BCUT2D eigenvalue weighted by Gasteiger charge is -2.18. The van der Waals surface area contributed by atoms with Gasteiger partial charge >= 0.3 is 17.9 Å². The van der Waals surface area contributed by atoms with E-state index in [1.165, 1.54) is 154 Å². The number of ether oxygens (including phenoxy) is 3. The zero-order chi connectivity index (χ0) is 57.8. The summed E-state index contributed by atoms with van der Waals surface area (Å²) in [6.45, 7) is 6.47. The quantitative estimate of drug-likeness (QED) is 0.0261. The predicted molar refractivity (Wildman–Crippen MR) is 348 cm³/mol. The Kier molecular flexibility index (Phi) is 64.3. The third kappa shape index (κ3) is 64.9. The molecule has 0 N–H and O–H groups in total. The van der Waals surface area contributed by atoms with E-state index in [0.717, 1.165) is 128 Å². The zero-order valence-electron chi connectivity index (χ0n) is 52.6. The molecule has 0 aliphatic heterocycles. The molecule has 0 aromatic rings. The summed E-state index contributed by atoms with van der Waals surface area (Å²) in [5.41, 5.74) is 0. The molecule has 0 rings (SSSR count). The normalized spacial score (nSPS) is 12.8. The Morgan fingerprint density at radius 1 is 0.263 bits per heavy atom. The number of carbonyl (C=O) groups is 3. The van der Waals surface area contributed by atoms with Gasteiger partial charge in [0.25, 0.3) is 0 Å². The monoisotopic (exact) mass is 1110 g/mol. The molecule has 0 amide bonds. The highest BCUT2D eigenvalue weighted by molar-refractivity contribution is 5.71. The number of esters is 3. The highest BCUT2D eigenvalue weighted by Gasteiger charge is 2.19. The molecule has 458 valence electrons. The molecule has 0 aliphatic rings. The summed E-state index contributed by atoms with van der Waals surface area (Å²) in [5, 5.41) is 0. The van der Waals surface area contributed by atoms with Crippen LogP contribution < -0.4 is 0 Å². The molecule has 0 bridgehead atoms. The first-order chi connectivity index (χ1) is 39.5. The van der Waals surface area contributed by atoms with Crippen LogP contribution in [0, 0.1) is 0 Å². The minimum Gasteiger partial charge on any atom is -0.462 e. The van der Waals surface area contributed by atoms with Crippen LogP contribution in [-0.2, 0) is 28.6 Å². The molecular weight excluding hydrogens is 985 g/mol. The molecule has 0 saturated heterocycles. The minimum atomic E-state index is -0.778. The maximum absolute atomic E-state index is 12.8. The summed E-state index contributed by atoms with van der Waals surface area (Å²) < 4.78 is 16.8. The van der Waals surface area contributed by atoms with Crippen molar-refractivity contribution in [3.8, 4) is 0 Å². The molecule has 0 aromatic carbocycles. The Bertz CT molecular complexity index is 1610. The highest BCUT2D eigenvalue weighted by Crippen LogP contribution is 2.17. The van der Waals surface area contributed by atoms with Gasteiger partial charge in [-0.1, -0.05) is 323 Å². The molecule has 80 heavy (non-hydrogen) atoms. The molecular formula is C74H126O6. The minimum absolute atomic E-state index is 0.0792. The van der Waals surface area contributed by atoms with E-state index in [1.807, 2.05) is 0 Å². The zero-order valence-corrected chi connectivity index (χ0v) is 52.6. The highest BCUT2D eigenvalue weighted by atomic mass is 16.6. The van der Waals surface area contributed by atoms with Crippen molar-refractivity contribution in [2.45, 2.75) is 329 Å². The molecule has 0 heterocycles. The van der Waals surface area contributed by atoms with Crippen LogP contribution in [0.5, 0.6) is 0 Å². The van der Waals surface area contributed by atoms with E-state index >= 15 is 0 Å². The summed E-state index contributed by atoms with van der Waals surface area (Å²) in [6, 6.07) is 0. The summed E-state index contributed by atoms with van der Waals surface area (Å²) in [4.78, 5) is 38.0. The van der Waals surface area contributed by atoms with E-state index in [-0.39, 0.29) is 31.1 Å².